The molecule has 0 aliphatic heterocycles. The minimum absolute atomic E-state index is 0.00549. The van der Waals surface area contributed by atoms with E-state index in [1.54, 1.807) is 6.07 Å². The van der Waals surface area contributed by atoms with Crippen molar-refractivity contribution in [1.29, 1.82) is 0 Å². The van der Waals surface area contributed by atoms with Crippen LogP contribution in [-0.4, -0.2) is 11.8 Å². The molecule has 0 aliphatic rings. The number of halogens is 3. The van der Waals surface area contributed by atoms with Gasteiger partial charge >= 0.3 is 6.18 Å². The van der Waals surface area contributed by atoms with Gasteiger partial charge in [0.2, 0.25) is 5.91 Å². The summed E-state index contributed by atoms with van der Waals surface area (Å²) < 4.78 is 43.3. The Kier molecular flexibility index (Phi) is 4.79. The van der Waals surface area contributed by atoms with Crippen LogP contribution in [0.3, 0.4) is 0 Å². The summed E-state index contributed by atoms with van der Waals surface area (Å²) in [7, 11) is 0. The summed E-state index contributed by atoms with van der Waals surface area (Å²) in [6.07, 6.45) is -4.69. The molecule has 0 spiro atoms. The van der Waals surface area contributed by atoms with Crippen LogP contribution in [0, 0.1) is 0 Å². The Labute approximate surface area is 171 Å². The third-order valence-corrected chi connectivity index (χ3v) is 6.58. The van der Waals surface area contributed by atoms with Gasteiger partial charge in [0.25, 0.3) is 5.91 Å². The molecule has 29 heavy (non-hydrogen) atoms. The molecule has 4 nitrogen and oxygen atoms in total. The van der Waals surface area contributed by atoms with Crippen molar-refractivity contribution in [3.8, 4) is 0 Å². The standard InChI is InChI=1S/C20H13F3N2O2S2/c1-10(26)24-11-6-7-14(13(8-11)20(21,22)23)25-19(27)17-9-16-18(29-17)12-4-2-3-5-15(12)28-16/h2-9H,1H3,(H,24,26)(H,25,27). The van der Waals surface area contributed by atoms with E-state index in [0.717, 1.165) is 31.6 Å². The molecule has 0 saturated carbocycles. The van der Waals surface area contributed by atoms with Crippen molar-refractivity contribution in [3.05, 3.63) is 59.0 Å². The smallest absolute Gasteiger partial charge is 0.326 e. The molecule has 2 amide bonds. The summed E-state index contributed by atoms with van der Waals surface area (Å²) in [6, 6.07) is 12.7. The number of nitrogens with one attached hydrogen (secondary N) is 2. The molecule has 2 aromatic heterocycles. The van der Waals surface area contributed by atoms with Gasteiger partial charge in [0.1, 0.15) is 0 Å². The van der Waals surface area contributed by atoms with Crippen LogP contribution in [0.4, 0.5) is 24.5 Å². The Morgan fingerprint density at radius 1 is 0.931 bits per heavy atom. The number of thiophene rings is 2. The van der Waals surface area contributed by atoms with Crippen molar-refractivity contribution in [3.63, 3.8) is 0 Å². The van der Waals surface area contributed by atoms with Crippen LogP contribution >= 0.6 is 22.7 Å². The van der Waals surface area contributed by atoms with E-state index in [2.05, 4.69) is 10.6 Å². The average molecular weight is 434 g/mol. The lowest BCUT2D eigenvalue weighted by Crippen LogP contribution is -2.16. The van der Waals surface area contributed by atoms with Gasteiger partial charge in [-0.05, 0) is 30.3 Å². The second-order valence-corrected chi connectivity index (χ2v) is 8.43. The first-order valence-electron chi connectivity index (χ1n) is 8.43. The number of hydrogen-bond acceptors (Lipinski definition) is 4. The number of fused-ring (bicyclic) bond motifs is 3. The molecule has 4 rings (SSSR count). The first-order valence-corrected chi connectivity index (χ1v) is 10.1. The largest absolute Gasteiger partial charge is 0.418 e. The highest BCUT2D eigenvalue weighted by molar-refractivity contribution is 7.33. The van der Waals surface area contributed by atoms with Gasteiger partial charge in [-0.15, -0.1) is 22.7 Å². The fourth-order valence-electron chi connectivity index (χ4n) is 2.96. The monoisotopic (exact) mass is 434 g/mol. The zero-order valence-electron chi connectivity index (χ0n) is 14.9. The SMILES string of the molecule is CC(=O)Nc1ccc(NC(=O)c2cc3sc4ccccc4c3s2)c(C(F)(F)F)c1. The Hall–Kier alpha value is -2.91. The zero-order chi connectivity index (χ0) is 20.8. The van der Waals surface area contributed by atoms with E-state index in [1.807, 2.05) is 24.3 Å². The summed E-state index contributed by atoms with van der Waals surface area (Å²) in [5.74, 6) is -1.10. The number of rotatable bonds is 3. The highest BCUT2D eigenvalue weighted by atomic mass is 32.1. The van der Waals surface area contributed by atoms with Gasteiger partial charge in [0, 0.05) is 27.4 Å². The lowest BCUT2D eigenvalue weighted by molar-refractivity contribution is -0.137. The third kappa shape index (κ3) is 3.83. The van der Waals surface area contributed by atoms with Gasteiger partial charge in [-0.1, -0.05) is 18.2 Å². The first-order chi connectivity index (χ1) is 13.7. The lowest BCUT2D eigenvalue weighted by atomic mass is 10.1. The van der Waals surface area contributed by atoms with Gasteiger partial charge in [-0.25, -0.2) is 0 Å². The maximum Gasteiger partial charge on any atom is 0.418 e. The van der Waals surface area contributed by atoms with Crippen LogP contribution < -0.4 is 10.6 Å². The number of carbonyl (C=O) groups is 2. The van der Waals surface area contributed by atoms with Crippen molar-refractivity contribution in [2.24, 2.45) is 0 Å². The van der Waals surface area contributed by atoms with Crippen LogP contribution in [-0.2, 0) is 11.0 Å². The minimum Gasteiger partial charge on any atom is -0.326 e. The molecule has 0 atom stereocenters. The average Bonchev–Trinajstić information content (AvgIpc) is 3.19. The van der Waals surface area contributed by atoms with Crippen LogP contribution in [0.1, 0.15) is 22.2 Å². The van der Waals surface area contributed by atoms with Gasteiger partial charge in [-0.2, -0.15) is 13.2 Å². The number of benzene rings is 2. The fourth-order valence-corrected chi connectivity index (χ4v) is 5.38. The van der Waals surface area contributed by atoms with Crippen LogP contribution in [0.5, 0.6) is 0 Å². The molecule has 9 heteroatoms. The molecule has 2 aromatic carbocycles. The second kappa shape index (κ2) is 7.16. The summed E-state index contributed by atoms with van der Waals surface area (Å²) in [4.78, 5) is 24.1. The van der Waals surface area contributed by atoms with Crippen molar-refractivity contribution >= 4 is 65.3 Å². The summed E-state index contributed by atoms with van der Waals surface area (Å²) in [6.45, 7) is 1.20. The lowest BCUT2D eigenvalue weighted by Gasteiger charge is -2.15. The van der Waals surface area contributed by atoms with E-state index in [4.69, 9.17) is 0 Å². The predicted molar refractivity (Wildman–Crippen MR) is 111 cm³/mol. The van der Waals surface area contributed by atoms with E-state index >= 15 is 0 Å². The van der Waals surface area contributed by atoms with E-state index in [0.29, 0.717) is 4.88 Å². The first kappa shape index (κ1) is 19.4. The van der Waals surface area contributed by atoms with Gasteiger partial charge in [0.05, 0.1) is 20.8 Å². The van der Waals surface area contributed by atoms with Crippen molar-refractivity contribution in [2.45, 2.75) is 13.1 Å². The molecule has 4 aromatic rings. The number of anilines is 2. The highest BCUT2D eigenvalue weighted by Crippen LogP contribution is 2.40. The maximum atomic E-state index is 13.5. The molecule has 0 aliphatic carbocycles. The molecular weight excluding hydrogens is 421 g/mol. The quantitative estimate of drug-likeness (QED) is 0.395. The number of alkyl halides is 3. The van der Waals surface area contributed by atoms with Crippen molar-refractivity contribution < 1.29 is 22.8 Å². The molecule has 0 bridgehead atoms. The van der Waals surface area contributed by atoms with E-state index < -0.39 is 23.6 Å². The fraction of sp³-hybridized carbons (Fsp3) is 0.100. The Bertz CT molecular complexity index is 1260. The van der Waals surface area contributed by atoms with Crippen LogP contribution in [0.2, 0.25) is 0 Å². The van der Waals surface area contributed by atoms with Crippen molar-refractivity contribution in [2.75, 3.05) is 10.6 Å². The summed E-state index contributed by atoms with van der Waals surface area (Å²) >= 11 is 2.78. The molecule has 0 unspecified atom stereocenters. The Balaban J connectivity index is 1.67. The van der Waals surface area contributed by atoms with Crippen LogP contribution in [0.25, 0.3) is 19.5 Å². The number of carbonyl (C=O) groups excluding carboxylic acids is 2. The zero-order valence-corrected chi connectivity index (χ0v) is 16.5. The van der Waals surface area contributed by atoms with Gasteiger partial charge in [-0.3, -0.25) is 9.59 Å². The van der Waals surface area contributed by atoms with Gasteiger partial charge in [0.15, 0.2) is 0 Å². The molecule has 0 radical (unpaired) electrons. The molecular formula is C20H13F3N2O2S2. The van der Waals surface area contributed by atoms with Crippen molar-refractivity contribution in [1.82, 2.24) is 0 Å². The number of amides is 2. The molecule has 148 valence electrons. The normalized spacial score (nSPS) is 11.7. The predicted octanol–water partition coefficient (Wildman–Crippen LogP) is 6.35. The molecule has 0 saturated heterocycles. The Morgan fingerprint density at radius 2 is 1.69 bits per heavy atom. The Morgan fingerprint density at radius 3 is 2.41 bits per heavy atom. The van der Waals surface area contributed by atoms with Crippen LogP contribution in [0.15, 0.2) is 48.5 Å². The topological polar surface area (TPSA) is 58.2 Å². The third-order valence-electron chi connectivity index (χ3n) is 4.17. The van der Waals surface area contributed by atoms with Gasteiger partial charge < -0.3 is 10.6 Å². The maximum absolute atomic E-state index is 13.5. The molecule has 2 heterocycles. The highest BCUT2D eigenvalue weighted by Gasteiger charge is 2.34. The van der Waals surface area contributed by atoms with E-state index in [9.17, 15) is 22.8 Å². The summed E-state index contributed by atoms with van der Waals surface area (Å²) in [5, 5.41) is 5.69. The van der Waals surface area contributed by atoms with E-state index in [1.165, 1.54) is 35.7 Å². The number of hydrogen-bond donors (Lipinski definition) is 2. The van der Waals surface area contributed by atoms with E-state index in [-0.39, 0.29) is 11.4 Å². The molecule has 2 N–H and O–H groups in total. The summed E-state index contributed by atoms with van der Waals surface area (Å²) in [5.41, 5.74) is -1.38. The minimum atomic E-state index is -4.69. The second-order valence-electron chi connectivity index (χ2n) is 6.30. The molecule has 0 fully saturated rings.